The first-order valence-electron chi connectivity index (χ1n) is 8.95. The number of rotatable bonds is 5. The Morgan fingerprint density at radius 2 is 1.96 bits per heavy atom. The molecule has 0 unspecified atom stereocenters. The Balaban J connectivity index is 1.35. The lowest BCUT2D eigenvalue weighted by atomic mass is 9.79. The zero-order chi connectivity index (χ0) is 16.4. The van der Waals surface area contributed by atoms with Gasteiger partial charge in [-0.25, -0.2) is 0 Å². The second-order valence-corrected chi connectivity index (χ2v) is 7.04. The molecule has 0 amide bonds. The molecule has 0 bridgehead atoms. The molecule has 1 saturated heterocycles. The average molecular weight is 327 g/mol. The molecule has 1 aromatic heterocycles. The Hall–Kier alpha value is -1.72. The smallest absolute Gasteiger partial charge is 0.229 e. The lowest BCUT2D eigenvalue weighted by molar-refractivity contribution is -0.0858. The largest absolute Gasteiger partial charge is 0.370 e. The predicted molar refractivity (Wildman–Crippen MR) is 90.5 cm³/mol. The fourth-order valence-electron chi connectivity index (χ4n) is 3.78. The van der Waals surface area contributed by atoms with Crippen LogP contribution in [0.25, 0.3) is 0 Å². The van der Waals surface area contributed by atoms with Crippen LogP contribution >= 0.6 is 0 Å². The van der Waals surface area contributed by atoms with Gasteiger partial charge in [-0.1, -0.05) is 35.5 Å². The maximum atomic E-state index is 5.65. The molecule has 1 aliphatic carbocycles. The molecule has 2 aromatic rings. The second-order valence-electron chi connectivity index (χ2n) is 7.04. The fraction of sp³-hybridized carbons (Fsp3) is 0.579. The molecular weight excluding hydrogens is 302 g/mol. The van der Waals surface area contributed by atoms with Crippen LogP contribution in [0.1, 0.15) is 55.3 Å². The van der Waals surface area contributed by atoms with Gasteiger partial charge in [0.25, 0.3) is 0 Å². The molecule has 0 N–H and O–H groups in total. The number of aromatic nitrogens is 2. The number of hydrogen-bond donors (Lipinski definition) is 0. The number of nitrogens with zero attached hydrogens (tertiary/aromatic N) is 3. The molecule has 4 rings (SSSR count). The van der Waals surface area contributed by atoms with Crippen LogP contribution in [-0.4, -0.2) is 35.2 Å². The van der Waals surface area contributed by atoms with E-state index in [2.05, 4.69) is 45.4 Å². The van der Waals surface area contributed by atoms with Crippen molar-refractivity contribution in [1.82, 2.24) is 15.0 Å². The zero-order valence-corrected chi connectivity index (χ0v) is 14.3. The summed E-state index contributed by atoms with van der Waals surface area (Å²) in [5.74, 6) is 1.93. The molecule has 2 fully saturated rings. The normalized spacial score (nSPS) is 21.5. The van der Waals surface area contributed by atoms with Crippen molar-refractivity contribution in [2.24, 2.45) is 0 Å². The van der Waals surface area contributed by atoms with Crippen LogP contribution in [0.5, 0.6) is 0 Å². The van der Waals surface area contributed by atoms with Crippen LogP contribution in [0.4, 0.5) is 0 Å². The van der Waals surface area contributed by atoms with Crippen LogP contribution in [0, 0.1) is 0 Å². The average Bonchev–Trinajstić information content (AvgIpc) is 3.06. The maximum absolute atomic E-state index is 5.65. The first kappa shape index (κ1) is 15.8. The highest BCUT2D eigenvalue weighted by Gasteiger charge is 2.43. The van der Waals surface area contributed by atoms with Crippen molar-refractivity contribution in [1.29, 1.82) is 0 Å². The second kappa shape index (κ2) is 6.65. The molecule has 5 nitrogen and oxygen atoms in total. The van der Waals surface area contributed by atoms with Gasteiger partial charge in [-0.15, -0.1) is 0 Å². The predicted octanol–water partition coefficient (Wildman–Crippen LogP) is 3.47. The molecule has 128 valence electrons. The monoisotopic (exact) mass is 327 g/mol. The summed E-state index contributed by atoms with van der Waals surface area (Å²) in [5, 5.41) is 4.22. The van der Waals surface area contributed by atoms with Crippen LogP contribution in [-0.2, 0) is 16.9 Å². The van der Waals surface area contributed by atoms with Crippen LogP contribution in [0.15, 0.2) is 34.9 Å². The molecule has 1 aliphatic heterocycles. The van der Waals surface area contributed by atoms with E-state index in [-0.39, 0.29) is 5.60 Å². The van der Waals surface area contributed by atoms with Gasteiger partial charge in [0.05, 0.1) is 0 Å². The highest BCUT2D eigenvalue weighted by molar-refractivity contribution is 5.14. The highest BCUT2D eigenvalue weighted by Crippen LogP contribution is 2.43. The minimum Gasteiger partial charge on any atom is -0.370 e. The number of hydrogen-bond acceptors (Lipinski definition) is 5. The van der Waals surface area contributed by atoms with Gasteiger partial charge >= 0.3 is 0 Å². The summed E-state index contributed by atoms with van der Waals surface area (Å²) in [4.78, 5) is 7.19. The minimum atomic E-state index is -0.282. The van der Waals surface area contributed by atoms with Gasteiger partial charge in [-0.2, -0.15) is 4.98 Å². The highest BCUT2D eigenvalue weighted by atomic mass is 16.5. The summed E-state index contributed by atoms with van der Waals surface area (Å²) in [6.07, 6.45) is 5.33. The zero-order valence-electron chi connectivity index (χ0n) is 14.3. The van der Waals surface area contributed by atoms with Gasteiger partial charge in [-0.05, 0) is 50.8 Å². The van der Waals surface area contributed by atoms with Crippen molar-refractivity contribution in [3.63, 3.8) is 0 Å². The molecular formula is C19H25N3O2. The SMILES string of the molecule is COC1(c2noc(C3CCN(Cc4ccccc4)CC3)n2)CCC1. The third kappa shape index (κ3) is 2.98. The van der Waals surface area contributed by atoms with Gasteiger partial charge in [0, 0.05) is 19.6 Å². The standard InChI is InChI=1S/C19H25N3O2/c1-23-19(10-5-11-19)18-20-17(24-21-18)16-8-12-22(13-9-16)14-15-6-3-2-4-7-15/h2-4,6-7,16H,5,8-14H2,1H3. The Bertz CT molecular complexity index is 653. The molecule has 1 aromatic carbocycles. The van der Waals surface area contributed by atoms with E-state index in [4.69, 9.17) is 9.26 Å². The van der Waals surface area contributed by atoms with Crippen LogP contribution in [0.3, 0.4) is 0 Å². The molecule has 0 radical (unpaired) electrons. The van der Waals surface area contributed by atoms with E-state index in [9.17, 15) is 0 Å². The van der Waals surface area contributed by atoms with Crippen molar-refractivity contribution >= 4 is 0 Å². The third-order valence-corrected chi connectivity index (χ3v) is 5.59. The Morgan fingerprint density at radius 3 is 2.58 bits per heavy atom. The molecule has 0 atom stereocenters. The Kier molecular flexibility index (Phi) is 4.37. The number of piperidine rings is 1. The van der Waals surface area contributed by atoms with Gasteiger partial charge in [0.15, 0.2) is 0 Å². The van der Waals surface area contributed by atoms with E-state index < -0.39 is 0 Å². The van der Waals surface area contributed by atoms with E-state index in [0.717, 1.165) is 57.0 Å². The van der Waals surface area contributed by atoms with Crippen molar-refractivity contribution < 1.29 is 9.26 Å². The number of likely N-dealkylation sites (tertiary alicyclic amines) is 1. The summed E-state index contributed by atoms with van der Waals surface area (Å²) >= 11 is 0. The topological polar surface area (TPSA) is 51.4 Å². The number of benzene rings is 1. The summed E-state index contributed by atoms with van der Waals surface area (Å²) in [5.41, 5.74) is 1.10. The van der Waals surface area contributed by atoms with Crippen molar-refractivity contribution in [2.75, 3.05) is 20.2 Å². The van der Waals surface area contributed by atoms with Crippen LogP contribution in [0.2, 0.25) is 0 Å². The fourth-order valence-corrected chi connectivity index (χ4v) is 3.78. The maximum Gasteiger partial charge on any atom is 0.229 e. The van der Waals surface area contributed by atoms with Crippen LogP contribution < -0.4 is 0 Å². The summed E-state index contributed by atoms with van der Waals surface area (Å²) in [6, 6.07) is 10.7. The van der Waals surface area contributed by atoms with E-state index in [1.165, 1.54) is 12.0 Å². The van der Waals surface area contributed by atoms with Crippen molar-refractivity contribution in [3.8, 4) is 0 Å². The van der Waals surface area contributed by atoms with Crippen molar-refractivity contribution in [2.45, 2.75) is 50.2 Å². The summed E-state index contributed by atoms with van der Waals surface area (Å²) in [7, 11) is 1.75. The molecule has 1 saturated carbocycles. The lowest BCUT2D eigenvalue weighted by Gasteiger charge is -2.37. The molecule has 2 heterocycles. The number of ether oxygens (including phenoxy) is 1. The quantitative estimate of drug-likeness (QED) is 0.841. The van der Waals surface area contributed by atoms with E-state index >= 15 is 0 Å². The minimum absolute atomic E-state index is 0.282. The van der Waals surface area contributed by atoms with Gasteiger partial charge in [0.1, 0.15) is 5.60 Å². The van der Waals surface area contributed by atoms with Gasteiger partial charge in [0.2, 0.25) is 11.7 Å². The first-order chi connectivity index (χ1) is 11.8. The summed E-state index contributed by atoms with van der Waals surface area (Å²) < 4.78 is 11.2. The number of methoxy groups -OCH3 is 1. The van der Waals surface area contributed by atoms with E-state index in [1.807, 2.05) is 0 Å². The molecule has 0 spiro atoms. The Labute approximate surface area is 143 Å². The lowest BCUT2D eigenvalue weighted by Crippen LogP contribution is -2.37. The van der Waals surface area contributed by atoms with Gasteiger partial charge in [-0.3, -0.25) is 4.90 Å². The van der Waals surface area contributed by atoms with Gasteiger partial charge < -0.3 is 9.26 Å². The van der Waals surface area contributed by atoms with Crippen molar-refractivity contribution in [3.05, 3.63) is 47.6 Å². The summed E-state index contributed by atoms with van der Waals surface area (Å²) in [6.45, 7) is 3.18. The first-order valence-corrected chi connectivity index (χ1v) is 8.95. The third-order valence-electron chi connectivity index (χ3n) is 5.59. The Morgan fingerprint density at radius 1 is 1.21 bits per heavy atom. The molecule has 5 heteroatoms. The molecule has 24 heavy (non-hydrogen) atoms. The van der Waals surface area contributed by atoms with E-state index in [0.29, 0.717) is 5.92 Å². The molecule has 2 aliphatic rings. The van der Waals surface area contributed by atoms with E-state index in [1.54, 1.807) is 7.11 Å².